The number of hydrogen-bond acceptors (Lipinski definition) is 6. The van der Waals surface area contributed by atoms with Gasteiger partial charge in [-0.3, -0.25) is 0 Å². The van der Waals surface area contributed by atoms with Crippen LogP contribution in [0, 0.1) is 0 Å². The molecule has 2 aromatic carbocycles. The topological polar surface area (TPSA) is 79.5 Å². The number of ether oxygens (including phenoxy) is 3. The number of hydrogen-bond donors (Lipinski definition) is 1. The SMILES string of the molecule is COc1ccc(-c2cc(-c3ccccc3OC)nc(N)n2)cc1OC. The summed E-state index contributed by atoms with van der Waals surface area (Å²) in [7, 11) is 4.81. The normalized spacial score (nSPS) is 10.4. The lowest BCUT2D eigenvalue weighted by Gasteiger charge is -2.12. The molecule has 1 heterocycles. The summed E-state index contributed by atoms with van der Waals surface area (Å²) in [6.07, 6.45) is 0. The summed E-state index contributed by atoms with van der Waals surface area (Å²) in [5.74, 6) is 2.18. The van der Waals surface area contributed by atoms with E-state index in [2.05, 4.69) is 9.97 Å². The Balaban J connectivity index is 2.11. The first-order valence-corrected chi connectivity index (χ1v) is 7.66. The minimum atomic E-state index is 0.188. The van der Waals surface area contributed by atoms with Crippen LogP contribution in [0.15, 0.2) is 48.5 Å². The number of para-hydroxylation sites is 1. The fourth-order valence-corrected chi connectivity index (χ4v) is 2.60. The molecule has 0 aliphatic rings. The van der Waals surface area contributed by atoms with Gasteiger partial charge in [0.05, 0.1) is 32.7 Å². The first kappa shape index (κ1) is 16.6. The van der Waals surface area contributed by atoms with E-state index in [1.807, 2.05) is 48.5 Å². The third kappa shape index (κ3) is 3.33. The van der Waals surface area contributed by atoms with E-state index in [-0.39, 0.29) is 5.95 Å². The van der Waals surface area contributed by atoms with E-state index in [0.717, 1.165) is 16.9 Å². The molecule has 25 heavy (non-hydrogen) atoms. The number of anilines is 1. The van der Waals surface area contributed by atoms with E-state index in [1.165, 1.54) is 0 Å². The molecular weight excluding hydrogens is 318 g/mol. The zero-order valence-electron chi connectivity index (χ0n) is 14.3. The largest absolute Gasteiger partial charge is 0.496 e. The molecule has 128 valence electrons. The first-order chi connectivity index (χ1) is 12.2. The van der Waals surface area contributed by atoms with Gasteiger partial charge in [0.25, 0.3) is 0 Å². The van der Waals surface area contributed by atoms with Crippen molar-refractivity contribution in [1.82, 2.24) is 9.97 Å². The average Bonchev–Trinajstić information content (AvgIpc) is 2.66. The predicted molar refractivity (Wildman–Crippen MR) is 97.0 cm³/mol. The Morgan fingerprint density at radius 2 is 1.40 bits per heavy atom. The molecule has 0 radical (unpaired) electrons. The van der Waals surface area contributed by atoms with Crippen LogP contribution < -0.4 is 19.9 Å². The van der Waals surface area contributed by atoms with Crippen molar-refractivity contribution < 1.29 is 14.2 Å². The maximum absolute atomic E-state index is 5.93. The molecule has 0 fully saturated rings. The van der Waals surface area contributed by atoms with Gasteiger partial charge in [0.2, 0.25) is 5.95 Å². The maximum atomic E-state index is 5.93. The smallest absolute Gasteiger partial charge is 0.221 e. The molecule has 3 rings (SSSR count). The Morgan fingerprint density at radius 1 is 0.720 bits per heavy atom. The van der Waals surface area contributed by atoms with Gasteiger partial charge in [-0.2, -0.15) is 0 Å². The summed E-state index contributed by atoms with van der Waals surface area (Å²) in [5, 5.41) is 0. The Morgan fingerprint density at radius 3 is 2.12 bits per heavy atom. The van der Waals surface area contributed by atoms with Crippen molar-refractivity contribution in [3.8, 4) is 39.8 Å². The quantitative estimate of drug-likeness (QED) is 0.768. The number of rotatable bonds is 5. The van der Waals surface area contributed by atoms with Crippen LogP contribution in [0.25, 0.3) is 22.5 Å². The molecule has 1 aromatic heterocycles. The molecule has 0 atom stereocenters. The summed E-state index contributed by atoms with van der Waals surface area (Å²) in [6, 6.07) is 15.1. The third-order valence-electron chi connectivity index (χ3n) is 3.81. The highest BCUT2D eigenvalue weighted by atomic mass is 16.5. The predicted octanol–water partition coefficient (Wildman–Crippen LogP) is 3.42. The molecule has 2 N–H and O–H groups in total. The zero-order chi connectivity index (χ0) is 17.8. The number of nitrogens with zero attached hydrogens (tertiary/aromatic N) is 2. The van der Waals surface area contributed by atoms with E-state index in [4.69, 9.17) is 19.9 Å². The van der Waals surface area contributed by atoms with Crippen LogP contribution in [0.4, 0.5) is 5.95 Å². The van der Waals surface area contributed by atoms with Crippen LogP contribution in [-0.4, -0.2) is 31.3 Å². The van der Waals surface area contributed by atoms with Gasteiger partial charge in [0, 0.05) is 11.1 Å². The Kier molecular flexibility index (Phi) is 4.70. The highest BCUT2D eigenvalue weighted by Crippen LogP contribution is 2.34. The Labute approximate surface area is 146 Å². The van der Waals surface area contributed by atoms with Crippen molar-refractivity contribution in [2.75, 3.05) is 27.1 Å². The molecule has 0 aliphatic heterocycles. The standard InChI is InChI=1S/C19H19N3O3/c1-23-16-7-5-4-6-13(16)15-11-14(21-19(20)22-15)12-8-9-17(24-2)18(10-12)25-3/h4-11H,1-3H3,(H2,20,21,22). The lowest BCUT2D eigenvalue weighted by Crippen LogP contribution is -2.00. The molecule has 0 unspecified atom stereocenters. The third-order valence-corrected chi connectivity index (χ3v) is 3.81. The van der Waals surface area contributed by atoms with Crippen LogP contribution in [0.2, 0.25) is 0 Å². The van der Waals surface area contributed by atoms with Crippen molar-refractivity contribution in [1.29, 1.82) is 0 Å². The molecule has 0 amide bonds. The molecule has 0 saturated heterocycles. The van der Waals surface area contributed by atoms with Crippen molar-refractivity contribution in [2.24, 2.45) is 0 Å². The second-order valence-electron chi connectivity index (χ2n) is 5.27. The van der Waals surface area contributed by atoms with E-state index in [1.54, 1.807) is 21.3 Å². The van der Waals surface area contributed by atoms with E-state index >= 15 is 0 Å². The number of methoxy groups -OCH3 is 3. The van der Waals surface area contributed by atoms with Gasteiger partial charge < -0.3 is 19.9 Å². The molecule has 6 heteroatoms. The number of benzene rings is 2. The summed E-state index contributed by atoms with van der Waals surface area (Å²) in [6.45, 7) is 0. The lowest BCUT2D eigenvalue weighted by atomic mass is 10.1. The van der Waals surface area contributed by atoms with Gasteiger partial charge in [-0.1, -0.05) is 12.1 Å². The minimum absolute atomic E-state index is 0.188. The molecule has 6 nitrogen and oxygen atoms in total. The summed E-state index contributed by atoms with van der Waals surface area (Å²) < 4.78 is 16.0. The molecule has 0 bridgehead atoms. The summed E-state index contributed by atoms with van der Waals surface area (Å²) >= 11 is 0. The number of aromatic nitrogens is 2. The fraction of sp³-hybridized carbons (Fsp3) is 0.158. The Bertz CT molecular complexity index is 897. The lowest BCUT2D eigenvalue weighted by molar-refractivity contribution is 0.355. The van der Waals surface area contributed by atoms with Gasteiger partial charge >= 0.3 is 0 Å². The monoisotopic (exact) mass is 337 g/mol. The van der Waals surface area contributed by atoms with Crippen LogP contribution in [-0.2, 0) is 0 Å². The van der Waals surface area contributed by atoms with Crippen LogP contribution >= 0.6 is 0 Å². The second-order valence-corrected chi connectivity index (χ2v) is 5.27. The van der Waals surface area contributed by atoms with Crippen LogP contribution in [0.5, 0.6) is 17.2 Å². The molecular formula is C19H19N3O3. The van der Waals surface area contributed by atoms with Crippen LogP contribution in [0.3, 0.4) is 0 Å². The van der Waals surface area contributed by atoms with E-state index in [9.17, 15) is 0 Å². The zero-order valence-corrected chi connectivity index (χ0v) is 14.3. The van der Waals surface area contributed by atoms with Gasteiger partial charge in [0.1, 0.15) is 5.75 Å². The van der Waals surface area contributed by atoms with Gasteiger partial charge in [-0.15, -0.1) is 0 Å². The maximum Gasteiger partial charge on any atom is 0.221 e. The second kappa shape index (κ2) is 7.09. The molecule has 3 aromatic rings. The van der Waals surface area contributed by atoms with Crippen LogP contribution in [0.1, 0.15) is 0 Å². The van der Waals surface area contributed by atoms with Crippen molar-refractivity contribution >= 4 is 5.95 Å². The highest BCUT2D eigenvalue weighted by Gasteiger charge is 2.12. The average molecular weight is 337 g/mol. The van der Waals surface area contributed by atoms with Gasteiger partial charge in [-0.05, 0) is 36.4 Å². The first-order valence-electron chi connectivity index (χ1n) is 7.66. The Hall–Kier alpha value is -3.28. The fourth-order valence-electron chi connectivity index (χ4n) is 2.60. The van der Waals surface area contributed by atoms with Crippen molar-refractivity contribution in [3.05, 3.63) is 48.5 Å². The van der Waals surface area contributed by atoms with Crippen molar-refractivity contribution in [2.45, 2.75) is 0 Å². The van der Waals surface area contributed by atoms with Gasteiger partial charge in [-0.25, -0.2) is 9.97 Å². The number of nitrogens with two attached hydrogens (primary N) is 1. The van der Waals surface area contributed by atoms with E-state index < -0.39 is 0 Å². The molecule has 0 aliphatic carbocycles. The summed E-state index contributed by atoms with van der Waals surface area (Å²) in [5.41, 5.74) is 9.01. The van der Waals surface area contributed by atoms with Crippen molar-refractivity contribution in [3.63, 3.8) is 0 Å². The summed E-state index contributed by atoms with van der Waals surface area (Å²) in [4.78, 5) is 8.69. The molecule has 0 spiro atoms. The van der Waals surface area contributed by atoms with Gasteiger partial charge in [0.15, 0.2) is 11.5 Å². The minimum Gasteiger partial charge on any atom is -0.496 e. The number of nitrogen functional groups attached to an aromatic ring is 1. The molecule has 0 saturated carbocycles. The van der Waals surface area contributed by atoms with E-state index in [0.29, 0.717) is 22.9 Å². The highest BCUT2D eigenvalue weighted by molar-refractivity contribution is 5.74.